The van der Waals surface area contributed by atoms with Crippen LogP contribution in [0.1, 0.15) is 77.1 Å². The van der Waals surface area contributed by atoms with E-state index in [0.717, 1.165) is 12.4 Å². The van der Waals surface area contributed by atoms with Gasteiger partial charge in [0.25, 0.3) is 0 Å². The third-order valence-corrected chi connectivity index (χ3v) is 3.41. The van der Waals surface area contributed by atoms with E-state index in [9.17, 15) is 0 Å². The topological polar surface area (TPSA) is 40.7 Å². The summed E-state index contributed by atoms with van der Waals surface area (Å²) >= 11 is 0. The van der Waals surface area contributed by atoms with Crippen molar-refractivity contribution in [2.45, 2.75) is 71.3 Å². The second-order valence-electron chi connectivity index (χ2n) is 5.13. The molecule has 2 N–H and O–H groups in total. The fraction of sp³-hybridized carbons (Fsp3) is 0.800. The highest BCUT2D eigenvalue weighted by Crippen LogP contribution is 2.09. The molecule has 0 fully saturated rings. The van der Waals surface area contributed by atoms with Gasteiger partial charge in [0.1, 0.15) is 5.82 Å². The molecule has 0 bridgehead atoms. The quantitative estimate of drug-likeness (QED) is 0.579. The van der Waals surface area contributed by atoms with Crippen molar-refractivity contribution in [2.24, 2.45) is 0 Å². The molecule has 0 amide bonds. The lowest BCUT2D eigenvalue weighted by atomic mass is 10.1. The highest BCUT2D eigenvalue weighted by atomic mass is 15.0. The molecule has 18 heavy (non-hydrogen) atoms. The minimum atomic E-state index is 0.338. The lowest BCUT2D eigenvalue weighted by Gasteiger charge is -2.10. The lowest BCUT2D eigenvalue weighted by Crippen LogP contribution is -2.20. The molecular weight excluding hydrogens is 222 g/mol. The molecule has 3 nitrogen and oxygen atoms in total. The Bertz CT molecular complexity index is 269. The van der Waals surface area contributed by atoms with Crippen molar-refractivity contribution in [3.8, 4) is 0 Å². The highest BCUT2D eigenvalue weighted by molar-refractivity contribution is 4.93. The van der Waals surface area contributed by atoms with Gasteiger partial charge in [0.05, 0.1) is 6.04 Å². The second kappa shape index (κ2) is 10.1. The molecule has 1 aromatic heterocycles. The number of hydrogen-bond donors (Lipinski definition) is 2. The van der Waals surface area contributed by atoms with Crippen molar-refractivity contribution in [1.29, 1.82) is 0 Å². The zero-order valence-electron chi connectivity index (χ0n) is 12.0. The van der Waals surface area contributed by atoms with Crippen LogP contribution in [0.25, 0.3) is 0 Å². The molecule has 0 radical (unpaired) electrons. The summed E-state index contributed by atoms with van der Waals surface area (Å²) in [6.07, 6.45) is 14.7. The maximum absolute atomic E-state index is 4.25. The van der Waals surface area contributed by atoms with Crippen molar-refractivity contribution in [3.05, 3.63) is 18.2 Å². The van der Waals surface area contributed by atoms with Gasteiger partial charge in [0, 0.05) is 12.4 Å². The molecule has 104 valence electrons. The number of nitrogens with zero attached hydrogens (tertiary/aromatic N) is 1. The second-order valence-corrected chi connectivity index (χ2v) is 5.13. The Labute approximate surface area is 112 Å². The van der Waals surface area contributed by atoms with Gasteiger partial charge >= 0.3 is 0 Å². The first kappa shape index (κ1) is 15.2. The minimum absolute atomic E-state index is 0.338. The summed E-state index contributed by atoms with van der Waals surface area (Å²) in [7, 11) is 0. The minimum Gasteiger partial charge on any atom is -0.347 e. The number of H-pyrrole nitrogens is 1. The first-order valence-corrected chi connectivity index (χ1v) is 7.57. The SMILES string of the molecule is CCCCCCCCCCNC(C)c1ncc[nH]1. The van der Waals surface area contributed by atoms with Crippen molar-refractivity contribution < 1.29 is 0 Å². The standard InChI is InChI=1S/C15H29N3/c1-3-4-5-6-7-8-9-10-11-16-14(2)15-17-12-13-18-15/h12-14,16H,3-11H2,1-2H3,(H,17,18). The van der Waals surface area contributed by atoms with Crippen LogP contribution in [0.15, 0.2) is 12.4 Å². The number of imidazole rings is 1. The summed E-state index contributed by atoms with van der Waals surface area (Å²) in [6, 6.07) is 0.338. The molecule has 3 heteroatoms. The Morgan fingerprint density at radius 2 is 1.78 bits per heavy atom. The fourth-order valence-corrected chi connectivity index (χ4v) is 2.19. The van der Waals surface area contributed by atoms with Crippen LogP contribution >= 0.6 is 0 Å². The van der Waals surface area contributed by atoms with E-state index in [-0.39, 0.29) is 0 Å². The van der Waals surface area contributed by atoms with E-state index >= 15 is 0 Å². The van der Waals surface area contributed by atoms with E-state index in [1.54, 1.807) is 0 Å². The van der Waals surface area contributed by atoms with E-state index in [1.165, 1.54) is 51.4 Å². The largest absolute Gasteiger partial charge is 0.347 e. The van der Waals surface area contributed by atoms with Crippen molar-refractivity contribution >= 4 is 0 Å². The van der Waals surface area contributed by atoms with Crippen molar-refractivity contribution in [2.75, 3.05) is 6.54 Å². The van der Waals surface area contributed by atoms with Gasteiger partial charge in [-0.1, -0.05) is 51.9 Å². The molecule has 1 aromatic rings. The molecule has 0 aliphatic rings. The van der Waals surface area contributed by atoms with Crippen LogP contribution < -0.4 is 5.32 Å². The van der Waals surface area contributed by atoms with Crippen LogP contribution in [0.2, 0.25) is 0 Å². The number of rotatable bonds is 11. The molecule has 0 aromatic carbocycles. The van der Waals surface area contributed by atoms with Crippen LogP contribution in [0.5, 0.6) is 0 Å². The Hall–Kier alpha value is -0.830. The van der Waals surface area contributed by atoms with Crippen molar-refractivity contribution in [3.63, 3.8) is 0 Å². The van der Waals surface area contributed by atoms with Crippen LogP contribution in [-0.2, 0) is 0 Å². The van der Waals surface area contributed by atoms with Gasteiger partial charge in [-0.3, -0.25) is 0 Å². The number of nitrogens with one attached hydrogen (secondary N) is 2. The van der Waals surface area contributed by atoms with E-state index in [2.05, 4.69) is 29.1 Å². The van der Waals surface area contributed by atoms with Gasteiger partial charge in [-0.15, -0.1) is 0 Å². The average molecular weight is 251 g/mol. The average Bonchev–Trinajstić information content (AvgIpc) is 2.90. The van der Waals surface area contributed by atoms with E-state index in [0.29, 0.717) is 6.04 Å². The van der Waals surface area contributed by atoms with Crippen LogP contribution in [0.4, 0.5) is 0 Å². The number of hydrogen-bond acceptors (Lipinski definition) is 2. The van der Waals surface area contributed by atoms with Crippen molar-refractivity contribution in [1.82, 2.24) is 15.3 Å². The fourth-order valence-electron chi connectivity index (χ4n) is 2.19. The Morgan fingerprint density at radius 1 is 1.11 bits per heavy atom. The van der Waals surface area contributed by atoms with Crippen LogP contribution in [0.3, 0.4) is 0 Å². The summed E-state index contributed by atoms with van der Waals surface area (Å²) in [5.41, 5.74) is 0. The van der Waals surface area contributed by atoms with Gasteiger partial charge in [-0.05, 0) is 19.9 Å². The Balaban J connectivity index is 1.87. The Kier molecular flexibility index (Phi) is 8.57. The third kappa shape index (κ3) is 6.80. The van der Waals surface area contributed by atoms with Gasteiger partial charge in [-0.2, -0.15) is 0 Å². The summed E-state index contributed by atoms with van der Waals surface area (Å²) in [4.78, 5) is 7.40. The highest BCUT2D eigenvalue weighted by Gasteiger charge is 2.05. The molecule has 0 spiro atoms. The number of aromatic amines is 1. The lowest BCUT2D eigenvalue weighted by molar-refractivity contribution is 0.510. The summed E-state index contributed by atoms with van der Waals surface area (Å²) in [6.45, 7) is 5.52. The van der Waals surface area contributed by atoms with Gasteiger partial charge in [-0.25, -0.2) is 4.98 Å². The number of aromatic nitrogens is 2. The monoisotopic (exact) mass is 251 g/mol. The predicted molar refractivity (Wildman–Crippen MR) is 77.6 cm³/mol. The van der Waals surface area contributed by atoms with Crippen LogP contribution in [-0.4, -0.2) is 16.5 Å². The molecule has 1 atom stereocenters. The summed E-state index contributed by atoms with van der Waals surface area (Å²) in [5.74, 6) is 1.04. The molecule has 1 unspecified atom stereocenters. The number of unbranched alkanes of at least 4 members (excludes halogenated alkanes) is 7. The normalized spacial score (nSPS) is 12.8. The first-order chi connectivity index (χ1) is 8.84. The Morgan fingerprint density at radius 3 is 2.39 bits per heavy atom. The zero-order chi connectivity index (χ0) is 13.1. The summed E-state index contributed by atoms with van der Waals surface area (Å²) < 4.78 is 0. The molecule has 0 saturated carbocycles. The maximum atomic E-state index is 4.25. The van der Waals surface area contributed by atoms with E-state index in [1.807, 2.05) is 12.4 Å². The van der Waals surface area contributed by atoms with Gasteiger partial charge in [0.15, 0.2) is 0 Å². The molecular formula is C15H29N3. The third-order valence-electron chi connectivity index (χ3n) is 3.41. The zero-order valence-corrected chi connectivity index (χ0v) is 12.0. The molecule has 0 aliphatic heterocycles. The predicted octanol–water partition coefficient (Wildman–Crippen LogP) is 4.20. The smallest absolute Gasteiger partial charge is 0.122 e. The van der Waals surface area contributed by atoms with Gasteiger partial charge in [0.2, 0.25) is 0 Å². The first-order valence-electron chi connectivity index (χ1n) is 7.57. The van der Waals surface area contributed by atoms with E-state index in [4.69, 9.17) is 0 Å². The molecule has 0 saturated heterocycles. The summed E-state index contributed by atoms with van der Waals surface area (Å²) in [5, 5.41) is 3.50. The molecule has 1 heterocycles. The van der Waals surface area contributed by atoms with E-state index < -0.39 is 0 Å². The molecule has 0 aliphatic carbocycles. The molecule has 1 rings (SSSR count). The van der Waals surface area contributed by atoms with Crippen LogP contribution in [0, 0.1) is 0 Å². The maximum Gasteiger partial charge on any atom is 0.122 e. The van der Waals surface area contributed by atoms with Gasteiger partial charge < -0.3 is 10.3 Å².